The number of hydrogen-bond acceptors (Lipinski definition) is 6. The fourth-order valence-electron chi connectivity index (χ4n) is 3.69. The molecule has 1 aliphatic rings. The molecule has 0 unspecified atom stereocenters. The third-order valence-corrected chi connectivity index (χ3v) is 5.05. The van der Waals surface area contributed by atoms with E-state index in [0.29, 0.717) is 23.7 Å². The molecule has 4 rings (SSSR count). The average Bonchev–Trinajstić information content (AvgIpc) is 3.11. The molecule has 0 spiro atoms. The first kappa shape index (κ1) is 22.3. The molecule has 6 nitrogen and oxygen atoms in total. The van der Waals surface area contributed by atoms with E-state index in [1.807, 2.05) is 36.4 Å². The van der Waals surface area contributed by atoms with Crippen molar-refractivity contribution in [3.05, 3.63) is 77.4 Å². The first-order valence-corrected chi connectivity index (χ1v) is 9.06. The van der Waals surface area contributed by atoms with Crippen LogP contribution in [0.25, 0.3) is 0 Å². The number of aromatic hydroxyl groups is 1. The van der Waals surface area contributed by atoms with Crippen molar-refractivity contribution >= 4 is 6.47 Å². The fraction of sp³-hybridized carbons (Fsp3) is 0.174. The number of phenols is 1. The number of carbonyl (C=O) groups excluding carboxylic acids is 1. The molecule has 0 aromatic heterocycles. The molecular weight excluding hydrogens is 412 g/mol. The molecule has 0 saturated carbocycles. The van der Waals surface area contributed by atoms with Crippen LogP contribution in [0.3, 0.4) is 0 Å². The summed E-state index contributed by atoms with van der Waals surface area (Å²) in [6.45, 7) is 0.399. The minimum Gasteiger partial charge on any atom is -0.504 e. The molecule has 156 valence electrons. The molecule has 0 saturated heterocycles. The normalized spacial score (nSPS) is 16.6. The van der Waals surface area contributed by atoms with Crippen LogP contribution < -0.4 is 18.9 Å². The maximum atomic E-state index is 10.8. The fourth-order valence-corrected chi connectivity index (χ4v) is 3.69. The van der Waals surface area contributed by atoms with Crippen LogP contribution in [0, 0.1) is 37.7 Å². The summed E-state index contributed by atoms with van der Waals surface area (Å²) in [5.74, 6) is 1.99. The molecule has 0 amide bonds. The zero-order chi connectivity index (χ0) is 20.4. The van der Waals surface area contributed by atoms with E-state index >= 15 is 0 Å². The number of rotatable bonds is 6. The van der Waals surface area contributed by atoms with Gasteiger partial charge < -0.3 is 24.1 Å². The summed E-state index contributed by atoms with van der Waals surface area (Å²) in [6.07, 6.45) is -0.339. The van der Waals surface area contributed by atoms with Gasteiger partial charge in [0.15, 0.2) is 11.5 Å². The Morgan fingerprint density at radius 2 is 1.70 bits per heavy atom. The van der Waals surface area contributed by atoms with E-state index in [0.717, 1.165) is 22.4 Å². The molecule has 7 heteroatoms. The molecule has 3 aromatic carbocycles. The van der Waals surface area contributed by atoms with Crippen molar-refractivity contribution in [3.63, 3.8) is 0 Å². The molecular formula is C23H20ArO6. The standard InChI is InChI=1S/C23H20O6.Ar/c1-26-16-8-6-14(7-9-16)23-22(15-4-3-5-17(10-15)28-13-24)18-11-19(25)21(27-2)12-20(18)29-23;/h3-13,22-23,25H,1-2H3;/t22-,23+;/m0./s1. The van der Waals surface area contributed by atoms with Gasteiger partial charge >= 0.3 is 0 Å². The summed E-state index contributed by atoms with van der Waals surface area (Å²) >= 11 is 0. The van der Waals surface area contributed by atoms with Gasteiger partial charge in [-0.05, 0) is 41.5 Å². The molecule has 0 aliphatic carbocycles. The van der Waals surface area contributed by atoms with Crippen LogP contribution in [0.2, 0.25) is 0 Å². The summed E-state index contributed by atoms with van der Waals surface area (Å²) in [5, 5.41) is 10.3. The van der Waals surface area contributed by atoms with E-state index in [4.69, 9.17) is 18.9 Å². The first-order chi connectivity index (χ1) is 14.1. The van der Waals surface area contributed by atoms with Gasteiger partial charge in [-0.25, -0.2) is 0 Å². The van der Waals surface area contributed by atoms with Crippen molar-refractivity contribution in [3.8, 4) is 28.7 Å². The minimum atomic E-state index is -0.339. The van der Waals surface area contributed by atoms with Gasteiger partial charge in [0, 0.05) is 49.4 Å². The second kappa shape index (κ2) is 9.60. The zero-order valence-electron chi connectivity index (χ0n) is 16.3. The predicted molar refractivity (Wildman–Crippen MR) is 106 cm³/mol. The van der Waals surface area contributed by atoms with Crippen molar-refractivity contribution in [2.45, 2.75) is 12.0 Å². The third-order valence-electron chi connectivity index (χ3n) is 5.05. The van der Waals surface area contributed by atoms with Crippen molar-refractivity contribution < 1.29 is 66.6 Å². The van der Waals surface area contributed by atoms with Gasteiger partial charge in [-0.1, -0.05) is 24.3 Å². The number of phenolic OH excluding ortho intramolecular Hbond substituents is 1. The van der Waals surface area contributed by atoms with Crippen LogP contribution in [0.1, 0.15) is 28.7 Å². The Morgan fingerprint density at radius 3 is 2.37 bits per heavy atom. The van der Waals surface area contributed by atoms with Gasteiger partial charge in [0.25, 0.3) is 6.47 Å². The Bertz CT molecular complexity index is 1030. The van der Waals surface area contributed by atoms with Crippen molar-refractivity contribution in [1.82, 2.24) is 0 Å². The maximum Gasteiger partial charge on any atom is 0.298 e. The van der Waals surface area contributed by atoms with E-state index in [-0.39, 0.29) is 55.5 Å². The molecule has 2 atom stereocenters. The zero-order valence-corrected chi connectivity index (χ0v) is 17.1. The SMILES string of the molecule is COc1ccc([C@H]2Oc3cc(OC)c(O)cc3[C@@H]2c2cccc(OC=O)c2)cc1.[Ar]. The van der Waals surface area contributed by atoms with Crippen LogP contribution in [0.5, 0.6) is 28.7 Å². The van der Waals surface area contributed by atoms with Crippen molar-refractivity contribution in [2.75, 3.05) is 14.2 Å². The van der Waals surface area contributed by atoms with E-state index in [1.54, 1.807) is 31.4 Å². The average molecular weight is 432 g/mol. The van der Waals surface area contributed by atoms with Crippen LogP contribution in [-0.2, 0) is 4.79 Å². The van der Waals surface area contributed by atoms with Crippen molar-refractivity contribution in [1.29, 1.82) is 0 Å². The number of carbonyl (C=O) groups is 1. The summed E-state index contributed by atoms with van der Waals surface area (Å²) in [6, 6.07) is 18.3. The van der Waals surface area contributed by atoms with Gasteiger partial charge in [0.05, 0.1) is 20.1 Å². The van der Waals surface area contributed by atoms with E-state index < -0.39 is 0 Å². The van der Waals surface area contributed by atoms with Gasteiger partial charge in [0.2, 0.25) is 0 Å². The number of fused-ring (bicyclic) bond motifs is 1. The number of benzene rings is 3. The Kier molecular flexibility index (Phi) is 7.13. The smallest absolute Gasteiger partial charge is 0.298 e. The van der Waals surface area contributed by atoms with Gasteiger partial charge in [-0.3, -0.25) is 4.79 Å². The van der Waals surface area contributed by atoms with Crippen molar-refractivity contribution in [2.24, 2.45) is 0 Å². The van der Waals surface area contributed by atoms with E-state index in [9.17, 15) is 9.90 Å². The molecule has 1 N–H and O–H groups in total. The summed E-state index contributed by atoms with van der Waals surface area (Å²) in [7, 11) is 3.11. The molecule has 0 radical (unpaired) electrons. The van der Waals surface area contributed by atoms with Gasteiger partial charge in [-0.15, -0.1) is 0 Å². The monoisotopic (exact) mass is 432 g/mol. The second-order valence-electron chi connectivity index (χ2n) is 6.64. The van der Waals surface area contributed by atoms with Crippen LogP contribution >= 0.6 is 0 Å². The Labute approximate surface area is 204 Å². The third kappa shape index (κ3) is 4.21. The Hall–Kier alpha value is -2.41. The quantitative estimate of drug-likeness (QED) is 0.589. The van der Waals surface area contributed by atoms with E-state index in [1.165, 1.54) is 7.11 Å². The Balaban J connectivity index is 0.00000256. The molecule has 0 fully saturated rings. The largest absolute Gasteiger partial charge is 0.504 e. The molecule has 1 aliphatic heterocycles. The van der Waals surface area contributed by atoms with Gasteiger partial charge in [0.1, 0.15) is 23.4 Å². The molecule has 0 bridgehead atoms. The Morgan fingerprint density at radius 1 is 0.933 bits per heavy atom. The number of ether oxygens (including phenoxy) is 4. The molecule has 30 heavy (non-hydrogen) atoms. The van der Waals surface area contributed by atoms with Crippen LogP contribution in [0.15, 0.2) is 60.7 Å². The predicted octanol–water partition coefficient (Wildman–Crippen LogP) is 4.21. The van der Waals surface area contributed by atoms with Crippen LogP contribution in [0.4, 0.5) is 0 Å². The number of hydrogen-bond donors (Lipinski definition) is 1. The molecule has 3 aromatic rings. The second-order valence-corrected chi connectivity index (χ2v) is 6.64. The minimum absolute atomic E-state index is 0. The summed E-state index contributed by atoms with van der Waals surface area (Å²) in [4.78, 5) is 10.8. The number of methoxy groups -OCH3 is 2. The summed E-state index contributed by atoms with van der Waals surface area (Å²) < 4.78 is 21.8. The molecule has 1 heterocycles. The topological polar surface area (TPSA) is 74.2 Å². The van der Waals surface area contributed by atoms with Crippen LogP contribution in [-0.4, -0.2) is 25.8 Å². The van der Waals surface area contributed by atoms with E-state index in [2.05, 4.69) is 0 Å². The van der Waals surface area contributed by atoms with Gasteiger partial charge in [-0.2, -0.15) is 0 Å². The maximum absolute atomic E-state index is 10.8. The summed E-state index contributed by atoms with van der Waals surface area (Å²) in [5.41, 5.74) is 2.67. The first-order valence-electron chi connectivity index (χ1n) is 9.06.